The predicted octanol–water partition coefficient (Wildman–Crippen LogP) is 5.63. The number of likely N-dealkylation sites (tertiary alicyclic amines) is 2. The quantitative estimate of drug-likeness (QED) is 0.332. The van der Waals surface area contributed by atoms with Crippen molar-refractivity contribution in [1.82, 2.24) is 30.1 Å². The number of rotatable bonds is 7. The van der Waals surface area contributed by atoms with Crippen LogP contribution in [0, 0.1) is 11.2 Å². The van der Waals surface area contributed by atoms with Crippen LogP contribution >= 0.6 is 0 Å². The number of carbonyl (C=O) groups excluding carboxylic acids is 3. The Bertz CT molecular complexity index is 1640. The summed E-state index contributed by atoms with van der Waals surface area (Å²) in [5.74, 6) is -0.920. The van der Waals surface area contributed by atoms with E-state index < -0.39 is 35.2 Å². The number of aromatic nitrogens is 3. The van der Waals surface area contributed by atoms with Gasteiger partial charge in [-0.1, -0.05) is 68.4 Å². The lowest BCUT2D eigenvalue weighted by Crippen LogP contribution is -2.50. The summed E-state index contributed by atoms with van der Waals surface area (Å²) in [6.45, 7) is 14.3. The van der Waals surface area contributed by atoms with E-state index in [1.165, 1.54) is 11.0 Å². The van der Waals surface area contributed by atoms with E-state index in [0.717, 1.165) is 16.8 Å². The average molecular weight is 677 g/mol. The number of carbonyl (C=O) groups is 3. The smallest absolute Gasteiger partial charge is 0.410 e. The Hall–Kier alpha value is -4.32. The summed E-state index contributed by atoms with van der Waals surface area (Å²) in [6.07, 6.45) is 2.12. The van der Waals surface area contributed by atoms with E-state index in [9.17, 15) is 23.9 Å². The van der Waals surface area contributed by atoms with Gasteiger partial charge in [0.15, 0.2) is 0 Å². The molecule has 5 rings (SSSR count). The van der Waals surface area contributed by atoms with Crippen LogP contribution in [-0.4, -0.2) is 85.2 Å². The first-order chi connectivity index (χ1) is 23.0. The van der Waals surface area contributed by atoms with Crippen molar-refractivity contribution in [1.29, 1.82) is 0 Å². The number of ether oxygens (including phenoxy) is 1. The number of hydrogen-bond donors (Lipinski definition) is 2. The molecule has 0 unspecified atom stereocenters. The van der Waals surface area contributed by atoms with Crippen molar-refractivity contribution in [3.05, 3.63) is 71.8 Å². The highest BCUT2D eigenvalue weighted by Gasteiger charge is 2.45. The van der Waals surface area contributed by atoms with Gasteiger partial charge < -0.3 is 25.0 Å². The van der Waals surface area contributed by atoms with Crippen molar-refractivity contribution in [2.75, 3.05) is 19.6 Å². The number of hydrogen-bond acceptors (Lipinski definition) is 7. The molecular formula is C37H49FN6O5. The zero-order valence-electron chi connectivity index (χ0n) is 29.5. The first kappa shape index (κ1) is 36.0. The van der Waals surface area contributed by atoms with Gasteiger partial charge in [0.05, 0.1) is 17.8 Å². The number of halogens is 1. The molecule has 3 heterocycles. The normalized spacial score (nSPS) is 20.2. The fraction of sp³-hybridized carbons (Fsp3) is 0.541. The Balaban J connectivity index is 1.26. The van der Waals surface area contributed by atoms with Crippen molar-refractivity contribution in [3.8, 4) is 11.1 Å². The van der Waals surface area contributed by atoms with Crippen LogP contribution in [0.15, 0.2) is 54.7 Å². The summed E-state index contributed by atoms with van der Waals surface area (Å²) < 4.78 is 21.4. The fourth-order valence-electron chi connectivity index (χ4n) is 6.67. The second-order valence-corrected chi connectivity index (χ2v) is 15.4. The lowest BCUT2D eigenvalue weighted by molar-refractivity contribution is -0.144. The first-order valence-electron chi connectivity index (χ1n) is 17.0. The first-order valence-corrected chi connectivity index (χ1v) is 17.0. The van der Waals surface area contributed by atoms with Crippen LogP contribution in [0.1, 0.15) is 97.0 Å². The molecule has 2 aromatic carbocycles. The van der Waals surface area contributed by atoms with Crippen LogP contribution in [0.2, 0.25) is 0 Å². The molecule has 2 aliphatic heterocycles. The third kappa shape index (κ3) is 8.46. The number of amides is 3. The summed E-state index contributed by atoms with van der Waals surface area (Å²) in [5, 5.41) is 22.5. The fourth-order valence-corrected chi connectivity index (χ4v) is 6.67. The molecule has 2 saturated heterocycles. The molecule has 0 spiro atoms. The van der Waals surface area contributed by atoms with Gasteiger partial charge in [-0.3, -0.25) is 9.59 Å². The van der Waals surface area contributed by atoms with E-state index >= 15 is 0 Å². The topological polar surface area (TPSA) is 130 Å². The maximum absolute atomic E-state index is 14.3. The van der Waals surface area contributed by atoms with E-state index in [0.29, 0.717) is 31.5 Å². The van der Waals surface area contributed by atoms with E-state index in [2.05, 4.69) is 15.6 Å². The maximum atomic E-state index is 14.3. The van der Waals surface area contributed by atoms with Crippen molar-refractivity contribution >= 4 is 17.9 Å². The lowest BCUT2D eigenvalue weighted by atomic mass is 9.85. The van der Waals surface area contributed by atoms with Crippen LogP contribution < -0.4 is 5.32 Å². The third-order valence-electron chi connectivity index (χ3n) is 9.23. The van der Waals surface area contributed by atoms with Gasteiger partial charge >= 0.3 is 6.09 Å². The summed E-state index contributed by atoms with van der Waals surface area (Å²) in [5.41, 5.74) is 1.64. The molecule has 0 bridgehead atoms. The molecule has 3 aromatic rings. The zero-order chi connectivity index (χ0) is 35.7. The second-order valence-electron chi connectivity index (χ2n) is 15.4. The van der Waals surface area contributed by atoms with Gasteiger partial charge in [-0.05, 0) is 63.1 Å². The molecule has 11 nitrogen and oxygen atoms in total. The number of nitrogens with one attached hydrogen (secondary N) is 1. The Morgan fingerprint density at radius 3 is 2.27 bits per heavy atom. The number of aliphatic hydroxyl groups is 1. The monoisotopic (exact) mass is 676 g/mol. The van der Waals surface area contributed by atoms with E-state index in [1.807, 2.05) is 72.7 Å². The molecule has 3 amide bonds. The molecule has 0 saturated carbocycles. The highest BCUT2D eigenvalue weighted by molar-refractivity contribution is 5.90. The Labute approximate surface area is 287 Å². The van der Waals surface area contributed by atoms with E-state index in [1.54, 1.807) is 34.0 Å². The second kappa shape index (κ2) is 14.3. The van der Waals surface area contributed by atoms with Crippen LogP contribution in [-0.2, 0) is 14.3 Å². The van der Waals surface area contributed by atoms with Gasteiger partial charge in [-0.25, -0.2) is 13.9 Å². The Kier molecular flexibility index (Phi) is 10.5. The minimum Gasteiger partial charge on any atom is -0.444 e. The zero-order valence-corrected chi connectivity index (χ0v) is 29.5. The number of piperidine rings is 1. The van der Waals surface area contributed by atoms with Gasteiger partial charge in [0, 0.05) is 43.7 Å². The molecule has 1 aromatic heterocycles. The van der Waals surface area contributed by atoms with Crippen LogP contribution in [0.5, 0.6) is 0 Å². The SMILES string of the molecule is C[C@H](NC(=O)[C@@H]1C[C@@H](O)CN1C(=O)[C@@H](n1cc(C2CCN(C(=O)OC(C)(C)C)CC2)nn1)C(C)(C)C)c1ccc(-c2ccccc2F)cc1. The standard InChI is InChI=1S/C37H49FN6O5/c1-23(24-12-14-25(15-13-24)28-10-8-9-11-29(28)38)39-33(46)31-20-27(45)21-43(31)34(47)32(36(2,3)4)44-22-30(40-41-44)26-16-18-42(19-17-26)35(48)49-37(5,6)7/h8-15,22-23,26-27,31-32,45H,16-21H2,1-7H3,(H,39,46)/t23-,27+,31-,32+/m0/s1. The summed E-state index contributed by atoms with van der Waals surface area (Å²) in [4.78, 5) is 43.6. The average Bonchev–Trinajstić information content (AvgIpc) is 3.67. The molecule has 0 aliphatic carbocycles. The van der Waals surface area contributed by atoms with Crippen molar-refractivity contribution < 1.29 is 28.6 Å². The number of nitrogens with zero attached hydrogens (tertiary/aromatic N) is 5. The predicted molar refractivity (Wildman–Crippen MR) is 183 cm³/mol. The molecule has 12 heteroatoms. The number of aliphatic hydroxyl groups excluding tert-OH is 1. The summed E-state index contributed by atoms with van der Waals surface area (Å²) in [7, 11) is 0. The third-order valence-corrected chi connectivity index (χ3v) is 9.23. The highest BCUT2D eigenvalue weighted by atomic mass is 19.1. The van der Waals surface area contributed by atoms with Gasteiger partial charge in [0.2, 0.25) is 11.8 Å². The van der Waals surface area contributed by atoms with Gasteiger partial charge in [-0.15, -0.1) is 5.10 Å². The van der Waals surface area contributed by atoms with Crippen LogP contribution in [0.25, 0.3) is 11.1 Å². The van der Waals surface area contributed by atoms with E-state index in [-0.39, 0.29) is 42.6 Å². The van der Waals surface area contributed by atoms with Crippen LogP contribution in [0.4, 0.5) is 9.18 Å². The van der Waals surface area contributed by atoms with Gasteiger partial charge in [-0.2, -0.15) is 0 Å². The molecule has 49 heavy (non-hydrogen) atoms. The van der Waals surface area contributed by atoms with Gasteiger partial charge in [0.25, 0.3) is 0 Å². The van der Waals surface area contributed by atoms with Crippen molar-refractivity contribution in [3.63, 3.8) is 0 Å². The molecule has 4 atom stereocenters. The molecule has 0 radical (unpaired) electrons. The minimum absolute atomic E-state index is 0.0277. The summed E-state index contributed by atoms with van der Waals surface area (Å²) >= 11 is 0. The van der Waals surface area contributed by atoms with E-state index in [4.69, 9.17) is 4.74 Å². The maximum Gasteiger partial charge on any atom is 0.410 e. The minimum atomic E-state index is -0.868. The number of β-amino-alcohol motifs (C(OH)–C–C–N with tert-alkyl or cyclic N) is 1. The molecule has 2 fully saturated rings. The Morgan fingerprint density at radius 2 is 1.65 bits per heavy atom. The van der Waals surface area contributed by atoms with Crippen molar-refractivity contribution in [2.24, 2.45) is 5.41 Å². The van der Waals surface area contributed by atoms with Gasteiger partial charge in [0.1, 0.15) is 23.5 Å². The Morgan fingerprint density at radius 1 is 1.00 bits per heavy atom. The molecular weight excluding hydrogens is 627 g/mol. The van der Waals surface area contributed by atoms with Crippen molar-refractivity contribution in [2.45, 2.75) is 103 Å². The summed E-state index contributed by atoms with van der Waals surface area (Å²) in [6, 6.07) is 11.8. The lowest BCUT2D eigenvalue weighted by Gasteiger charge is -2.35. The highest BCUT2D eigenvalue weighted by Crippen LogP contribution is 2.36. The molecule has 2 N–H and O–H groups in total. The van der Waals surface area contributed by atoms with Crippen LogP contribution in [0.3, 0.4) is 0 Å². The molecule has 2 aliphatic rings. The molecule has 264 valence electrons. The number of benzene rings is 2. The largest absolute Gasteiger partial charge is 0.444 e.